The van der Waals surface area contributed by atoms with Gasteiger partial charge in [-0.05, 0) is 42.0 Å². The van der Waals surface area contributed by atoms with Gasteiger partial charge in [-0.25, -0.2) is 8.42 Å². The number of fused-ring (bicyclic) bond motifs is 1. The van der Waals surface area contributed by atoms with E-state index < -0.39 is 10.0 Å². The predicted octanol–water partition coefficient (Wildman–Crippen LogP) is 2.63. The second-order valence-electron chi connectivity index (χ2n) is 6.17. The molecule has 0 bridgehead atoms. The second kappa shape index (κ2) is 7.98. The Kier molecular flexibility index (Phi) is 5.67. The first-order chi connectivity index (χ1) is 12.9. The molecule has 0 atom stereocenters. The Morgan fingerprint density at radius 2 is 1.74 bits per heavy atom. The minimum atomic E-state index is -3.66. The predicted molar refractivity (Wildman–Crippen MR) is 101 cm³/mol. The van der Waals surface area contributed by atoms with Gasteiger partial charge in [0.05, 0.1) is 4.90 Å². The van der Waals surface area contributed by atoms with Crippen molar-refractivity contribution >= 4 is 21.6 Å². The van der Waals surface area contributed by atoms with Crippen molar-refractivity contribution < 1.29 is 22.7 Å². The maximum atomic E-state index is 12.8. The highest BCUT2D eigenvalue weighted by Gasteiger charge is 2.22. The van der Waals surface area contributed by atoms with E-state index in [0.717, 1.165) is 5.56 Å². The molecule has 0 saturated carbocycles. The van der Waals surface area contributed by atoms with Gasteiger partial charge in [-0.2, -0.15) is 4.31 Å². The molecule has 0 radical (unpaired) electrons. The van der Waals surface area contributed by atoms with E-state index in [1.54, 1.807) is 31.2 Å². The number of nitrogens with zero attached hydrogens (tertiary/aromatic N) is 1. The molecule has 1 heterocycles. The molecule has 0 fully saturated rings. The summed E-state index contributed by atoms with van der Waals surface area (Å²) in [6, 6.07) is 11.5. The fourth-order valence-electron chi connectivity index (χ4n) is 2.67. The van der Waals surface area contributed by atoms with Crippen LogP contribution in [0, 0.1) is 0 Å². The topological polar surface area (TPSA) is 84.9 Å². The van der Waals surface area contributed by atoms with Crippen LogP contribution in [0.5, 0.6) is 11.5 Å². The van der Waals surface area contributed by atoms with Gasteiger partial charge in [-0.3, -0.25) is 4.79 Å². The quantitative estimate of drug-likeness (QED) is 0.820. The molecule has 1 amide bonds. The van der Waals surface area contributed by atoms with Gasteiger partial charge < -0.3 is 14.8 Å². The average molecular weight is 390 g/mol. The van der Waals surface area contributed by atoms with Crippen molar-refractivity contribution in [3.63, 3.8) is 0 Å². The lowest BCUT2D eigenvalue weighted by Crippen LogP contribution is -2.26. The summed E-state index contributed by atoms with van der Waals surface area (Å²) in [6.45, 7) is 2.94. The molecule has 1 aliphatic rings. The minimum absolute atomic E-state index is 0.124. The molecule has 144 valence electrons. The summed E-state index contributed by atoms with van der Waals surface area (Å²) >= 11 is 0. The highest BCUT2D eigenvalue weighted by atomic mass is 32.2. The van der Waals surface area contributed by atoms with Crippen molar-refractivity contribution in [3.05, 3.63) is 48.0 Å². The Balaban J connectivity index is 1.73. The van der Waals surface area contributed by atoms with Crippen molar-refractivity contribution in [2.75, 3.05) is 25.6 Å². The number of ether oxygens (including phenoxy) is 2. The Bertz CT molecular complexity index is 926. The van der Waals surface area contributed by atoms with Crippen LogP contribution in [0.4, 0.5) is 5.69 Å². The summed E-state index contributed by atoms with van der Waals surface area (Å²) < 4.78 is 37.9. The molecule has 2 aromatic carbocycles. The highest BCUT2D eigenvalue weighted by Crippen LogP contribution is 2.31. The zero-order valence-electron chi connectivity index (χ0n) is 15.3. The molecule has 27 heavy (non-hydrogen) atoms. The molecule has 2 aromatic rings. The number of carbonyl (C=O) groups excluding carboxylic acids is 1. The summed E-state index contributed by atoms with van der Waals surface area (Å²) in [6.07, 6.45) is 0.359. The van der Waals surface area contributed by atoms with Crippen molar-refractivity contribution in [1.29, 1.82) is 0 Å². The molecule has 0 aliphatic carbocycles. The Morgan fingerprint density at radius 3 is 2.41 bits per heavy atom. The number of anilines is 1. The largest absolute Gasteiger partial charge is 0.486 e. The van der Waals surface area contributed by atoms with E-state index in [1.165, 1.54) is 23.5 Å². The van der Waals surface area contributed by atoms with Crippen LogP contribution in [-0.2, 0) is 21.4 Å². The summed E-state index contributed by atoms with van der Waals surface area (Å²) in [5, 5.41) is 2.70. The molecule has 0 aromatic heterocycles. The van der Waals surface area contributed by atoms with Crippen molar-refractivity contribution in [3.8, 4) is 11.5 Å². The fraction of sp³-hybridized carbons (Fsp3) is 0.316. The van der Waals surface area contributed by atoms with Crippen LogP contribution in [0.25, 0.3) is 0 Å². The lowest BCUT2D eigenvalue weighted by molar-refractivity contribution is -0.115. The van der Waals surface area contributed by atoms with Crippen LogP contribution in [0.1, 0.15) is 18.9 Å². The normalized spacial score (nSPS) is 13.4. The van der Waals surface area contributed by atoms with E-state index in [4.69, 9.17) is 9.47 Å². The highest BCUT2D eigenvalue weighted by molar-refractivity contribution is 7.89. The van der Waals surface area contributed by atoms with Crippen LogP contribution in [0.2, 0.25) is 0 Å². The molecular formula is C19H22N2O5S. The lowest BCUT2D eigenvalue weighted by atomic mass is 10.2. The molecule has 1 N–H and O–H groups in total. The van der Waals surface area contributed by atoms with E-state index in [1.807, 2.05) is 6.07 Å². The summed E-state index contributed by atoms with van der Waals surface area (Å²) in [4.78, 5) is 11.6. The summed E-state index contributed by atoms with van der Waals surface area (Å²) in [5.74, 6) is 1.17. The number of amides is 1. The number of hydrogen-bond donors (Lipinski definition) is 1. The third-order valence-electron chi connectivity index (χ3n) is 4.18. The molecule has 1 aliphatic heterocycles. The second-order valence-corrected chi connectivity index (χ2v) is 8.21. The fourth-order valence-corrected chi connectivity index (χ4v) is 3.83. The third kappa shape index (κ3) is 4.40. The number of carbonyl (C=O) groups is 1. The van der Waals surface area contributed by atoms with Gasteiger partial charge >= 0.3 is 0 Å². The molecule has 0 spiro atoms. The number of sulfonamides is 1. The minimum Gasteiger partial charge on any atom is -0.486 e. The zero-order chi connectivity index (χ0) is 19.4. The first-order valence-corrected chi connectivity index (χ1v) is 10.1. The van der Waals surface area contributed by atoms with Crippen LogP contribution in [0.3, 0.4) is 0 Å². The smallest absolute Gasteiger partial charge is 0.243 e. The Hall–Kier alpha value is -2.58. The third-order valence-corrected chi connectivity index (χ3v) is 6.00. The monoisotopic (exact) mass is 390 g/mol. The maximum Gasteiger partial charge on any atom is 0.243 e. The molecule has 7 nitrogen and oxygen atoms in total. The molecular weight excluding hydrogens is 368 g/mol. The van der Waals surface area contributed by atoms with Crippen LogP contribution >= 0.6 is 0 Å². The van der Waals surface area contributed by atoms with Crippen molar-refractivity contribution in [1.82, 2.24) is 4.31 Å². The van der Waals surface area contributed by atoms with Crippen LogP contribution in [0.15, 0.2) is 47.4 Å². The van der Waals surface area contributed by atoms with Crippen LogP contribution < -0.4 is 14.8 Å². The number of rotatable bonds is 6. The maximum absolute atomic E-state index is 12.8. The van der Waals surface area contributed by atoms with E-state index >= 15 is 0 Å². The molecule has 3 rings (SSSR count). The number of benzene rings is 2. The van der Waals surface area contributed by atoms with Gasteiger partial charge in [0.1, 0.15) is 13.2 Å². The molecule has 0 unspecified atom stereocenters. The van der Waals surface area contributed by atoms with Gasteiger partial charge in [0.25, 0.3) is 0 Å². The first-order valence-electron chi connectivity index (χ1n) is 8.65. The standard InChI is InChI=1S/C19H22N2O5S/c1-3-19(22)20-15-5-7-16(8-6-15)27(23,24)21(2)13-14-4-9-17-18(12-14)26-11-10-25-17/h4-9,12H,3,10-11,13H2,1-2H3,(H,20,22). The van der Waals surface area contributed by atoms with E-state index in [-0.39, 0.29) is 17.3 Å². The van der Waals surface area contributed by atoms with Gasteiger partial charge in [0, 0.05) is 25.7 Å². The molecule has 8 heteroatoms. The molecule has 0 saturated heterocycles. The van der Waals surface area contributed by atoms with Gasteiger partial charge in [0.2, 0.25) is 15.9 Å². The summed E-state index contributed by atoms with van der Waals surface area (Å²) in [7, 11) is -2.13. The van der Waals surface area contributed by atoms with Gasteiger partial charge in [-0.15, -0.1) is 0 Å². The SMILES string of the molecule is CCC(=O)Nc1ccc(S(=O)(=O)N(C)Cc2ccc3c(c2)OCCO3)cc1. The summed E-state index contributed by atoms with van der Waals surface area (Å²) in [5.41, 5.74) is 1.37. The van der Waals surface area contributed by atoms with E-state index in [0.29, 0.717) is 36.8 Å². The van der Waals surface area contributed by atoms with Gasteiger partial charge in [0.15, 0.2) is 11.5 Å². The van der Waals surface area contributed by atoms with Crippen molar-refractivity contribution in [2.24, 2.45) is 0 Å². The number of nitrogens with one attached hydrogen (secondary N) is 1. The average Bonchev–Trinajstić information content (AvgIpc) is 2.68. The van der Waals surface area contributed by atoms with Gasteiger partial charge in [-0.1, -0.05) is 13.0 Å². The van der Waals surface area contributed by atoms with E-state index in [2.05, 4.69) is 5.32 Å². The lowest BCUT2D eigenvalue weighted by Gasteiger charge is -2.21. The zero-order valence-corrected chi connectivity index (χ0v) is 16.1. The van der Waals surface area contributed by atoms with E-state index in [9.17, 15) is 13.2 Å². The number of hydrogen-bond acceptors (Lipinski definition) is 5. The Labute approximate surface area is 158 Å². The van der Waals surface area contributed by atoms with Crippen molar-refractivity contribution in [2.45, 2.75) is 24.8 Å². The van der Waals surface area contributed by atoms with Crippen LogP contribution in [-0.4, -0.2) is 38.9 Å². The first kappa shape index (κ1) is 19.2. The Morgan fingerprint density at radius 1 is 1.07 bits per heavy atom.